The average molecular weight is 210 g/mol. The van der Waals surface area contributed by atoms with E-state index in [1.165, 1.54) is 0 Å². The zero-order valence-corrected chi connectivity index (χ0v) is 8.63. The fraction of sp³-hybridized carbons (Fsp3) is 0.667. The molecule has 1 fully saturated rings. The van der Waals surface area contributed by atoms with Crippen molar-refractivity contribution in [2.75, 3.05) is 13.6 Å². The summed E-state index contributed by atoms with van der Waals surface area (Å²) < 4.78 is 1.85. The van der Waals surface area contributed by atoms with Crippen molar-refractivity contribution in [2.24, 2.45) is 0 Å². The first-order valence-corrected chi connectivity index (χ1v) is 4.95. The summed E-state index contributed by atoms with van der Waals surface area (Å²) in [5.41, 5.74) is 0. The number of carbonyl (C=O) groups excluding carboxylic acids is 1. The van der Waals surface area contributed by atoms with Crippen LogP contribution in [-0.4, -0.2) is 44.3 Å². The third kappa shape index (κ3) is 1.85. The van der Waals surface area contributed by atoms with Crippen LogP contribution in [0.3, 0.4) is 0 Å². The SMILES string of the molecule is CN1CC(n2cnnc2CO)CCC1=O. The largest absolute Gasteiger partial charge is 0.388 e. The van der Waals surface area contributed by atoms with Gasteiger partial charge in [0.25, 0.3) is 0 Å². The number of aromatic nitrogens is 3. The van der Waals surface area contributed by atoms with Gasteiger partial charge in [0, 0.05) is 20.0 Å². The quantitative estimate of drug-likeness (QED) is 0.718. The number of rotatable bonds is 2. The number of piperidine rings is 1. The smallest absolute Gasteiger partial charge is 0.222 e. The fourth-order valence-electron chi connectivity index (χ4n) is 1.90. The third-order valence-corrected chi connectivity index (χ3v) is 2.78. The zero-order chi connectivity index (χ0) is 10.8. The van der Waals surface area contributed by atoms with E-state index in [1.54, 1.807) is 18.3 Å². The highest BCUT2D eigenvalue weighted by Gasteiger charge is 2.25. The molecule has 2 heterocycles. The number of likely N-dealkylation sites (tertiary alicyclic amines) is 1. The highest BCUT2D eigenvalue weighted by Crippen LogP contribution is 2.21. The molecule has 1 amide bonds. The Morgan fingerprint density at radius 3 is 3.13 bits per heavy atom. The average Bonchev–Trinajstić information content (AvgIpc) is 2.70. The van der Waals surface area contributed by atoms with E-state index in [1.807, 2.05) is 4.57 Å². The number of likely N-dealkylation sites (N-methyl/N-ethyl adjacent to an activating group) is 1. The van der Waals surface area contributed by atoms with Gasteiger partial charge >= 0.3 is 0 Å². The van der Waals surface area contributed by atoms with Crippen LogP contribution in [0.1, 0.15) is 24.7 Å². The van der Waals surface area contributed by atoms with Gasteiger partial charge in [0.2, 0.25) is 5.91 Å². The van der Waals surface area contributed by atoms with Crippen LogP contribution in [-0.2, 0) is 11.4 Å². The van der Waals surface area contributed by atoms with Gasteiger partial charge in [-0.3, -0.25) is 4.79 Å². The maximum atomic E-state index is 11.3. The van der Waals surface area contributed by atoms with Gasteiger partial charge in [0.15, 0.2) is 5.82 Å². The second-order valence-electron chi connectivity index (χ2n) is 3.78. The molecule has 0 saturated carbocycles. The van der Waals surface area contributed by atoms with E-state index >= 15 is 0 Å². The van der Waals surface area contributed by atoms with Gasteiger partial charge < -0.3 is 14.6 Å². The Kier molecular flexibility index (Phi) is 2.68. The summed E-state index contributed by atoms with van der Waals surface area (Å²) in [6.07, 6.45) is 2.94. The molecule has 1 atom stereocenters. The van der Waals surface area contributed by atoms with Gasteiger partial charge in [-0.05, 0) is 6.42 Å². The molecular formula is C9H14N4O2. The molecule has 1 saturated heterocycles. The molecule has 1 aliphatic heterocycles. The molecule has 1 N–H and O–H groups in total. The van der Waals surface area contributed by atoms with Crippen LogP contribution in [0, 0.1) is 0 Å². The van der Waals surface area contributed by atoms with Gasteiger partial charge in [-0.25, -0.2) is 0 Å². The molecule has 1 aliphatic rings. The molecule has 1 unspecified atom stereocenters. The monoisotopic (exact) mass is 210 g/mol. The van der Waals surface area contributed by atoms with Gasteiger partial charge in [-0.15, -0.1) is 10.2 Å². The second-order valence-corrected chi connectivity index (χ2v) is 3.78. The first kappa shape index (κ1) is 10.1. The van der Waals surface area contributed by atoms with Crippen LogP contribution in [0.25, 0.3) is 0 Å². The minimum Gasteiger partial charge on any atom is -0.388 e. The molecule has 0 spiro atoms. The molecule has 0 aliphatic carbocycles. The summed E-state index contributed by atoms with van der Waals surface area (Å²) in [5, 5.41) is 16.6. The van der Waals surface area contributed by atoms with Crippen LogP contribution in [0.15, 0.2) is 6.33 Å². The first-order valence-electron chi connectivity index (χ1n) is 4.95. The molecule has 0 radical (unpaired) electrons. The Hall–Kier alpha value is -1.43. The fourth-order valence-corrected chi connectivity index (χ4v) is 1.90. The van der Waals surface area contributed by atoms with E-state index < -0.39 is 0 Å². The van der Waals surface area contributed by atoms with Crippen molar-refractivity contribution in [3.63, 3.8) is 0 Å². The van der Waals surface area contributed by atoms with Crippen LogP contribution in [0.5, 0.6) is 0 Å². The summed E-state index contributed by atoms with van der Waals surface area (Å²) in [7, 11) is 1.79. The Morgan fingerprint density at radius 2 is 2.47 bits per heavy atom. The van der Waals surface area contributed by atoms with E-state index in [0.29, 0.717) is 18.8 Å². The lowest BCUT2D eigenvalue weighted by Gasteiger charge is -2.30. The number of aliphatic hydroxyl groups is 1. The first-order chi connectivity index (χ1) is 7.22. The van der Waals surface area contributed by atoms with Gasteiger partial charge in [-0.1, -0.05) is 0 Å². The maximum absolute atomic E-state index is 11.3. The maximum Gasteiger partial charge on any atom is 0.222 e. The predicted molar refractivity (Wildman–Crippen MR) is 51.9 cm³/mol. The topological polar surface area (TPSA) is 71.2 Å². The van der Waals surface area contributed by atoms with Crippen LogP contribution >= 0.6 is 0 Å². The molecule has 15 heavy (non-hydrogen) atoms. The molecule has 2 rings (SSSR count). The van der Waals surface area contributed by atoms with E-state index in [9.17, 15) is 4.79 Å². The standard InChI is InChI=1S/C9H14N4O2/c1-12-4-7(2-3-9(12)15)13-6-10-11-8(13)5-14/h6-7,14H,2-5H2,1H3. The Bertz CT molecular complexity index is 363. The van der Waals surface area contributed by atoms with Crippen LogP contribution in [0.2, 0.25) is 0 Å². The Balaban J connectivity index is 2.15. The van der Waals surface area contributed by atoms with Crippen molar-refractivity contribution < 1.29 is 9.90 Å². The lowest BCUT2D eigenvalue weighted by atomic mass is 10.1. The van der Waals surface area contributed by atoms with Gasteiger partial charge in [-0.2, -0.15) is 0 Å². The summed E-state index contributed by atoms with van der Waals surface area (Å²) in [6, 6.07) is 0.185. The Labute approximate surface area is 87.5 Å². The lowest BCUT2D eigenvalue weighted by Crippen LogP contribution is -2.38. The summed E-state index contributed by atoms with van der Waals surface area (Å²) in [4.78, 5) is 13.0. The zero-order valence-electron chi connectivity index (χ0n) is 8.63. The summed E-state index contributed by atoms with van der Waals surface area (Å²) in [5.74, 6) is 0.729. The van der Waals surface area contributed by atoms with E-state index in [2.05, 4.69) is 10.2 Å². The molecule has 6 heteroatoms. The molecule has 82 valence electrons. The van der Waals surface area contributed by atoms with Crippen molar-refractivity contribution in [3.8, 4) is 0 Å². The van der Waals surface area contributed by atoms with E-state index in [0.717, 1.165) is 6.42 Å². The third-order valence-electron chi connectivity index (χ3n) is 2.78. The molecule has 1 aromatic heterocycles. The highest BCUT2D eigenvalue weighted by molar-refractivity contribution is 5.76. The normalized spacial score (nSPS) is 22.1. The molecule has 1 aromatic rings. The number of carbonyl (C=O) groups is 1. The van der Waals surface area contributed by atoms with E-state index in [-0.39, 0.29) is 18.6 Å². The number of amides is 1. The highest BCUT2D eigenvalue weighted by atomic mass is 16.3. The van der Waals surface area contributed by atoms with Crippen molar-refractivity contribution in [2.45, 2.75) is 25.5 Å². The number of hydrogen-bond acceptors (Lipinski definition) is 4. The van der Waals surface area contributed by atoms with Crippen LogP contribution < -0.4 is 0 Å². The Morgan fingerprint density at radius 1 is 1.67 bits per heavy atom. The second kappa shape index (κ2) is 3.98. The molecular weight excluding hydrogens is 196 g/mol. The predicted octanol–water partition coefficient (Wildman–Crippen LogP) is -0.436. The van der Waals surface area contributed by atoms with Crippen molar-refractivity contribution in [1.82, 2.24) is 19.7 Å². The summed E-state index contributed by atoms with van der Waals surface area (Å²) >= 11 is 0. The number of hydrogen-bond donors (Lipinski definition) is 1. The molecule has 6 nitrogen and oxygen atoms in total. The minimum absolute atomic E-state index is 0.117. The number of nitrogens with zero attached hydrogens (tertiary/aromatic N) is 4. The minimum atomic E-state index is -0.117. The van der Waals surface area contributed by atoms with Crippen molar-refractivity contribution >= 4 is 5.91 Å². The molecule has 0 aromatic carbocycles. The van der Waals surface area contributed by atoms with E-state index in [4.69, 9.17) is 5.11 Å². The van der Waals surface area contributed by atoms with Crippen molar-refractivity contribution in [3.05, 3.63) is 12.2 Å². The van der Waals surface area contributed by atoms with Gasteiger partial charge in [0.05, 0.1) is 6.04 Å². The number of aliphatic hydroxyl groups excluding tert-OH is 1. The van der Waals surface area contributed by atoms with Crippen LogP contribution in [0.4, 0.5) is 0 Å². The molecule has 0 bridgehead atoms. The lowest BCUT2D eigenvalue weighted by molar-refractivity contribution is -0.132. The van der Waals surface area contributed by atoms with Gasteiger partial charge in [0.1, 0.15) is 12.9 Å². The van der Waals surface area contributed by atoms with Crippen molar-refractivity contribution in [1.29, 1.82) is 0 Å². The summed E-state index contributed by atoms with van der Waals surface area (Å²) in [6.45, 7) is 0.540.